The Morgan fingerprint density at radius 3 is 2.58 bits per heavy atom. The number of rotatable bonds is 1. The molecule has 0 heterocycles. The van der Waals surface area contributed by atoms with Crippen molar-refractivity contribution in [1.29, 1.82) is 0 Å². The number of carbonyl (C=O) groups excluding carboxylic acids is 1. The molecule has 2 N–H and O–H groups in total. The summed E-state index contributed by atoms with van der Waals surface area (Å²) in [6, 6.07) is -0.220. The molecule has 1 saturated carbocycles. The van der Waals surface area contributed by atoms with Crippen LogP contribution in [0.25, 0.3) is 0 Å². The molecule has 4 heteroatoms. The maximum absolute atomic E-state index is 11.3. The van der Waals surface area contributed by atoms with E-state index < -0.39 is 11.5 Å². The topological polar surface area (TPSA) is 66.4 Å². The van der Waals surface area contributed by atoms with Gasteiger partial charge in [-0.05, 0) is 6.42 Å². The fourth-order valence-electron chi connectivity index (χ4n) is 1.55. The van der Waals surface area contributed by atoms with Gasteiger partial charge in [-0.25, -0.2) is 4.79 Å². The molecular weight excluding hydrogens is 158 g/mol. The standard InChI is InChI=1S/C8H13NO3/c1-8(2)5(9-7(11)12)3-4-6(8)10/h5,9H,3-4H2,1-2H3,(H,11,12). The number of nitrogens with one attached hydrogen (secondary N) is 1. The Balaban J connectivity index is 2.68. The normalized spacial score (nSPS) is 27.2. The van der Waals surface area contributed by atoms with Gasteiger partial charge in [-0.3, -0.25) is 4.79 Å². The Hall–Kier alpha value is -1.06. The third kappa shape index (κ3) is 1.42. The van der Waals surface area contributed by atoms with Crippen LogP contribution in [0.2, 0.25) is 0 Å². The Labute approximate surface area is 71.0 Å². The average Bonchev–Trinajstić information content (AvgIpc) is 2.15. The van der Waals surface area contributed by atoms with Crippen molar-refractivity contribution in [3.05, 3.63) is 0 Å². The van der Waals surface area contributed by atoms with Gasteiger partial charge in [0.25, 0.3) is 0 Å². The van der Waals surface area contributed by atoms with Crippen molar-refractivity contribution in [1.82, 2.24) is 5.32 Å². The zero-order valence-corrected chi connectivity index (χ0v) is 7.26. The van der Waals surface area contributed by atoms with Gasteiger partial charge < -0.3 is 10.4 Å². The molecule has 0 saturated heterocycles. The van der Waals surface area contributed by atoms with Crippen LogP contribution >= 0.6 is 0 Å². The smallest absolute Gasteiger partial charge is 0.404 e. The third-order valence-corrected chi connectivity index (χ3v) is 2.55. The highest BCUT2D eigenvalue weighted by Crippen LogP contribution is 2.33. The third-order valence-electron chi connectivity index (χ3n) is 2.55. The van der Waals surface area contributed by atoms with E-state index in [-0.39, 0.29) is 11.8 Å². The lowest BCUT2D eigenvalue weighted by Gasteiger charge is -2.24. The summed E-state index contributed by atoms with van der Waals surface area (Å²) in [7, 11) is 0. The van der Waals surface area contributed by atoms with Gasteiger partial charge in [0, 0.05) is 17.9 Å². The van der Waals surface area contributed by atoms with E-state index in [1.54, 1.807) is 13.8 Å². The van der Waals surface area contributed by atoms with Gasteiger partial charge in [0.2, 0.25) is 0 Å². The number of ketones is 1. The van der Waals surface area contributed by atoms with Crippen molar-refractivity contribution < 1.29 is 14.7 Å². The molecule has 0 aromatic carbocycles. The van der Waals surface area contributed by atoms with Crippen LogP contribution in [-0.2, 0) is 4.79 Å². The fraction of sp³-hybridized carbons (Fsp3) is 0.750. The van der Waals surface area contributed by atoms with Crippen LogP contribution < -0.4 is 5.32 Å². The van der Waals surface area contributed by atoms with E-state index in [2.05, 4.69) is 5.32 Å². The molecule has 1 aliphatic rings. The molecule has 1 amide bonds. The predicted octanol–water partition coefficient (Wildman–Crippen LogP) is 1.01. The van der Waals surface area contributed by atoms with Crippen molar-refractivity contribution >= 4 is 11.9 Å². The van der Waals surface area contributed by atoms with E-state index in [0.29, 0.717) is 12.8 Å². The minimum Gasteiger partial charge on any atom is -0.465 e. The Morgan fingerprint density at radius 1 is 1.67 bits per heavy atom. The molecule has 0 aromatic heterocycles. The molecule has 1 fully saturated rings. The van der Waals surface area contributed by atoms with Crippen molar-refractivity contribution in [2.45, 2.75) is 32.7 Å². The summed E-state index contributed by atoms with van der Waals surface area (Å²) >= 11 is 0. The zero-order chi connectivity index (χ0) is 9.35. The lowest BCUT2D eigenvalue weighted by molar-refractivity contribution is -0.124. The minimum absolute atomic E-state index is 0.140. The molecule has 4 nitrogen and oxygen atoms in total. The van der Waals surface area contributed by atoms with Gasteiger partial charge >= 0.3 is 6.09 Å². The first-order chi connectivity index (χ1) is 5.44. The number of hydrogen-bond donors (Lipinski definition) is 2. The number of hydrogen-bond acceptors (Lipinski definition) is 2. The Kier molecular flexibility index (Phi) is 2.08. The van der Waals surface area contributed by atoms with Crippen LogP contribution in [0, 0.1) is 5.41 Å². The molecule has 0 bridgehead atoms. The van der Waals surface area contributed by atoms with Crippen LogP contribution in [0.3, 0.4) is 0 Å². The van der Waals surface area contributed by atoms with Crippen molar-refractivity contribution in [3.63, 3.8) is 0 Å². The monoisotopic (exact) mass is 171 g/mol. The lowest BCUT2D eigenvalue weighted by Crippen LogP contribution is -2.43. The van der Waals surface area contributed by atoms with Crippen molar-refractivity contribution in [3.8, 4) is 0 Å². The van der Waals surface area contributed by atoms with Crippen LogP contribution in [0.4, 0.5) is 4.79 Å². The maximum Gasteiger partial charge on any atom is 0.404 e. The first-order valence-corrected chi connectivity index (χ1v) is 3.97. The zero-order valence-electron chi connectivity index (χ0n) is 7.26. The molecule has 0 aliphatic heterocycles. The van der Waals surface area contributed by atoms with Crippen LogP contribution in [0.15, 0.2) is 0 Å². The van der Waals surface area contributed by atoms with Gasteiger partial charge in [0.05, 0.1) is 0 Å². The van der Waals surface area contributed by atoms with Gasteiger partial charge in [-0.1, -0.05) is 13.8 Å². The number of amides is 1. The minimum atomic E-state index is -1.05. The molecule has 12 heavy (non-hydrogen) atoms. The summed E-state index contributed by atoms with van der Waals surface area (Å²) in [5.74, 6) is 0.140. The number of Topliss-reactive ketones (excluding diaryl/α,β-unsaturated/α-hetero) is 1. The van der Waals surface area contributed by atoms with Gasteiger partial charge in [-0.2, -0.15) is 0 Å². The van der Waals surface area contributed by atoms with Crippen molar-refractivity contribution in [2.24, 2.45) is 5.41 Å². The predicted molar refractivity (Wildman–Crippen MR) is 43.0 cm³/mol. The van der Waals surface area contributed by atoms with Crippen LogP contribution in [0.1, 0.15) is 26.7 Å². The second-order valence-corrected chi connectivity index (χ2v) is 3.69. The molecule has 1 rings (SSSR count). The van der Waals surface area contributed by atoms with Crippen molar-refractivity contribution in [2.75, 3.05) is 0 Å². The maximum atomic E-state index is 11.3. The van der Waals surface area contributed by atoms with Crippen LogP contribution in [0.5, 0.6) is 0 Å². The summed E-state index contributed by atoms with van der Waals surface area (Å²) in [5, 5.41) is 10.8. The largest absolute Gasteiger partial charge is 0.465 e. The second-order valence-electron chi connectivity index (χ2n) is 3.69. The fourth-order valence-corrected chi connectivity index (χ4v) is 1.55. The molecule has 1 unspecified atom stereocenters. The van der Waals surface area contributed by atoms with E-state index in [4.69, 9.17) is 5.11 Å². The van der Waals surface area contributed by atoms with Gasteiger partial charge in [0.15, 0.2) is 0 Å². The number of carbonyl (C=O) groups is 2. The van der Waals surface area contributed by atoms with E-state index >= 15 is 0 Å². The highest BCUT2D eigenvalue weighted by atomic mass is 16.4. The summed E-state index contributed by atoms with van der Waals surface area (Å²) < 4.78 is 0. The van der Waals surface area contributed by atoms with E-state index in [0.717, 1.165) is 0 Å². The molecule has 1 atom stereocenters. The average molecular weight is 171 g/mol. The van der Waals surface area contributed by atoms with E-state index in [9.17, 15) is 9.59 Å². The quantitative estimate of drug-likeness (QED) is 0.618. The van der Waals surface area contributed by atoms with E-state index in [1.165, 1.54) is 0 Å². The first kappa shape index (κ1) is 9.03. The van der Waals surface area contributed by atoms with Gasteiger partial charge in [-0.15, -0.1) is 0 Å². The number of carboxylic acid groups (broad SMARTS) is 1. The molecule has 68 valence electrons. The summed E-state index contributed by atoms with van der Waals surface area (Å²) in [4.78, 5) is 21.6. The van der Waals surface area contributed by atoms with E-state index in [1.807, 2.05) is 0 Å². The second kappa shape index (κ2) is 2.77. The van der Waals surface area contributed by atoms with Crippen LogP contribution in [-0.4, -0.2) is 23.0 Å². The Bertz CT molecular complexity index is 222. The highest BCUT2D eigenvalue weighted by Gasteiger charge is 2.42. The summed E-state index contributed by atoms with van der Waals surface area (Å²) in [6.07, 6.45) is 0.0542. The molecule has 0 aromatic rings. The molecule has 0 spiro atoms. The molecule has 1 aliphatic carbocycles. The summed E-state index contributed by atoms with van der Waals surface area (Å²) in [6.45, 7) is 3.56. The Morgan fingerprint density at radius 2 is 2.25 bits per heavy atom. The highest BCUT2D eigenvalue weighted by molar-refractivity contribution is 5.88. The SMILES string of the molecule is CC1(C)C(=O)CCC1NC(=O)O. The summed E-state index contributed by atoms with van der Waals surface area (Å²) in [5.41, 5.74) is -0.529. The van der Waals surface area contributed by atoms with Gasteiger partial charge in [0.1, 0.15) is 5.78 Å². The molecular formula is C8H13NO3. The molecule has 0 radical (unpaired) electrons. The lowest BCUT2D eigenvalue weighted by atomic mass is 9.86. The first-order valence-electron chi connectivity index (χ1n) is 3.97.